The summed E-state index contributed by atoms with van der Waals surface area (Å²) >= 11 is 5.80. The first kappa shape index (κ1) is 22.2. The van der Waals surface area contributed by atoms with Gasteiger partial charge in [-0.25, -0.2) is 8.42 Å². The number of hydrogen-bond acceptors (Lipinski definition) is 6. The highest BCUT2D eigenvalue weighted by molar-refractivity contribution is 7.92. The van der Waals surface area contributed by atoms with E-state index >= 15 is 0 Å². The Balaban J connectivity index is 1.98. The zero-order chi connectivity index (χ0) is 22.9. The van der Waals surface area contributed by atoms with Gasteiger partial charge in [-0.3, -0.25) is 23.9 Å². The van der Waals surface area contributed by atoms with Crippen molar-refractivity contribution in [3.05, 3.63) is 74.9 Å². The fourth-order valence-corrected chi connectivity index (χ4v) is 4.30. The Morgan fingerprint density at radius 3 is 2.48 bits per heavy atom. The molecule has 0 fully saturated rings. The van der Waals surface area contributed by atoms with Crippen LogP contribution in [0, 0.1) is 17.0 Å². The zero-order valence-corrected chi connectivity index (χ0v) is 18.3. The molecule has 0 radical (unpaired) electrons. The van der Waals surface area contributed by atoms with E-state index in [0.717, 1.165) is 15.9 Å². The minimum absolute atomic E-state index is 0.00492. The van der Waals surface area contributed by atoms with Crippen LogP contribution in [0.1, 0.15) is 15.9 Å². The van der Waals surface area contributed by atoms with Crippen LogP contribution in [0.3, 0.4) is 0 Å². The van der Waals surface area contributed by atoms with Crippen molar-refractivity contribution in [1.29, 1.82) is 0 Å². The van der Waals surface area contributed by atoms with Crippen LogP contribution >= 0.6 is 11.6 Å². The number of nitrogens with one attached hydrogen (secondary N) is 1. The molecule has 0 saturated heterocycles. The van der Waals surface area contributed by atoms with Gasteiger partial charge in [-0.1, -0.05) is 29.3 Å². The average molecular weight is 464 g/mol. The summed E-state index contributed by atoms with van der Waals surface area (Å²) in [6.45, 7) is 1.83. The standard InChI is InChI=1S/C19H18ClN5O5S/c1-12-4-7-14(8-5-12)31(29,30)24(3)19-15(11-21-23(19)2)18(26)22-16-9-6-13(20)10-17(16)25(27)28/h4-11H,1-3H3,(H,22,26). The van der Waals surface area contributed by atoms with Gasteiger partial charge in [0.25, 0.3) is 21.6 Å². The van der Waals surface area contributed by atoms with Crippen molar-refractivity contribution in [3.63, 3.8) is 0 Å². The zero-order valence-electron chi connectivity index (χ0n) is 16.7. The fourth-order valence-electron chi connectivity index (χ4n) is 2.90. The number of anilines is 2. The van der Waals surface area contributed by atoms with Crippen LogP contribution in [0.5, 0.6) is 0 Å². The first-order valence-corrected chi connectivity index (χ1v) is 10.7. The first-order valence-electron chi connectivity index (χ1n) is 8.85. The summed E-state index contributed by atoms with van der Waals surface area (Å²) in [6.07, 6.45) is 1.19. The van der Waals surface area contributed by atoms with Crippen molar-refractivity contribution in [2.24, 2.45) is 7.05 Å². The smallest absolute Gasteiger partial charge is 0.294 e. The molecule has 1 amide bonds. The van der Waals surface area contributed by atoms with E-state index in [1.54, 1.807) is 12.1 Å². The Hall–Kier alpha value is -3.44. The number of nitro benzene ring substituents is 1. The van der Waals surface area contributed by atoms with Crippen LogP contribution in [0.15, 0.2) is 53.6 Å². The maximum absolute atomic E-state index is 13.1. The number of hydrogen-bond donors (Lipinski definition) is 1. The van der Waals surface area contributed by atoms with E-state index in [1.165, 1.54) is 49.2 Å². The molecule has 0 spiro atoms. The molecule has 0 saturated carbocycles. The van der Waals surface area contributed by atoms with Crippen LogP contribution in [-0.2, 0) is 17.1 Å². The lowest BCUT2D eigenvalue weighted by Crippen LogP contribution is -2.30. The van der Waals surface area contributed by atoms with Gasteiger partial charge in [-0.05, 0) is 31.2 Å². The van der Waals surface area contributed by atoms with Crippen LogP contribution in [0.2, 0.25) is 5.02 Å². The van der Waals surface area contributed by atoms with E-state index in [0.29, 0.717) is 0 Å². The molecule has 31 heavy (non-hydrogen) atoms. The molecule has 0 aliphatic rings. The highest BCUT2D eigenvalue weighted by Crippen LogP contribution is 2.30. The number of aromatic nitrogens is 2. The summed E-state index contributed by atoms with van der Waals surface area (Å²) in [5.41, 5.74) is 0.335. The predicted molar refractivity (Wildman–Crippen MR) is 116 cm³/mol. The number of nitrogens with zero attached hydrogens (tertiary/aromatic N) is 4. The highest BCUT2D eigenvalue weighted by atomic mass is 35.5. The van der Waals surface area contributed by atoms with Gasteiger partial charge in [-0.2, -0.15) is 5.10 Å². The minimum atomic E-state index is -3.99. The molecule has 3 rings (SSSR count). The van der Waals surface area contributed by atoms with Gasteiger partial charge < -0.3 is 5.32 Å². The number of amides is 1. The summed E-state index contributed by atoms with van der Waals surface area (Å²) in [6, 6.07) is 10.1. The lowest BCUT2D eigenvalue weighted by atomic mass is 10.2. The van der Waals surface area contributed by atoms with Gasteiger partial charge >= 0.3 is 0 Å². The van der Waals surface area contributed by atoms with Gasteiger partial charge in [0, 0.05) is 25.2 Å². The van der Waals surface area contributed by atoms with Crippen molar-refractivity contribution in [3.8, 4) is 0 Å². The van der Waals surface area contributed by atoms with E-state index in [9.17, 15) is 23.3 Å². The van der Waals surface area contributed by atoms with Crippen LogP contribution in [0.4, 0.5) is 17.2 Å². The third-order valence-corrected chi connectivity index (χ3v) is 6.53. The average Bonchev–Trinajstić information content (AvgIpc) is 3.10. The number of rotatable bonds is 6. The Morgan fingerprint density at radius 1 is 1.23 bits per heavy atom. The Kier molecular flexibility index (Phi) is 6.00. The molecule has 0 bridgehead atoms. The third-order valence-electron chi connectivity index (χ3n) is 4.53. The number of sulfonamides is 1. The normalized spacial score (nSPS) is 11.2. The minimum Gasteiger partial charge on any atom is -0.316 e. The van der Waals surface area contributed by atoms with E-state index < -0.39 is 26.5 Å². The molecule has 0 aliphatic heterocycles. The second-order valence-corrected chi connectivity index (χ2v) is 9.07. The first-order chi connectivity index (χ1) is 14.5. The lowest BCUT2D eigenvalue weighted by molar-refractivity contribution is -0.383. The molecule has 10 nitrogen and oxygen atoms in total. The number of carbonyl (C=O) groups is 1. The molecule has 0 aliphatic carbocycles. The lowest BCUT2D eigenvalue weighted by Gasteiger charge is -2.21. The molecule has 3 aromatic rings. The molecule has 1 heterocycles. The van der Waals surface area contributed by atoms with E-state index in [4.69, 9.17) is 11.6 Å². The molecule has 0 atom stereocenters. The van der Waals surface area contributed by atoms with Gasteiger partial charge in [0.1, 0.15) is 11.3 Å². The van der Waals surface area contributed by atoms with E-state index in [2.05, 4.69) is 10.4 Å². The number of halogens is 1. The van der Waals surface area contributed by atoms with E-state index in [1.807, 2.05) is 6.92 Å². The topological polar surface area (TPSA) is 127 Å². The molecule has 1 N–H and O–H groups in total. The molecule has 162 valence electrons. The monoisotopic (exact) mass is 463 g/mol. The second kappa shape index (κ2) is 8.36. The molecule has 1 aromatic heterocycles. The number of carbonyl (C=O) groups excluding carboxylic acids is 1. The molecular formula is C19H18ClN5O5S. The summed E-state index contributed by atoms with van der Waals surface area (Å²) in [5.74, 6) is -0.769. The van der Waals surface area contributed by atoms with Gasteiger partial charge in [0.05, 0.1) is 16.0 Å². The highest BCUT2D eigenvalue weighted by Gasteiger charge is 2.29. The second-order valence-electron chi connectivity index (χ2n) is 6.66. The SMILES string of the molecule is Cc1ccc(S(=O)(=O)N(C)c2c(C(=O)Nc3ccc(Cl)cc3[N+](=O)[O-])cnn2C)cc1. The van der Waals surface area contributed by atoms with Gasteiger partial charge in [0.15, 0.2) is 5.82 Å². The largest absolute Gasteiger partial charge is 0.316 e. The van der Waals surface area contributed by atoms with Crippen molar-refractivity contribution in [2.45, 2.75) is 11.8 Å². The van der Waals surface area contributed by atoms with Crippen molar-refractivity contribution < 1.29 is 18.1 Å². The fraction of sp³-hybridized carbons (Fsp3) is 0.158. The molecule has 12 heteroatoms. The van der Waals surface area contributed by atoms with Crippen LogP contribution in [0.25, 0.3) is 0 Å². The van der Waals surface area contributed by atoms with Crippen molar-refractivity contribution in [1.82, 2.24) is 9.78 Å². The van der Waals surface area contributed by atoms with Crippen LogP contribution in [-0.4, -0.2) is 36.1 Å². The maximum atomic E-state index is 13.1. The molecule has 0 unspecified atom stereocenters. The quantitative estimate of drug-likeness (QED) is 0.441. The summed E-state index contributed by atoms with van der Waals surface area (Å²) in [5, 5.41) is 17.8. The number of benzene rings is 2. The third kappa shape index (κ3) is 4.37. The predicted octanol–water partition coefficient (Wildman–Crippen LogP) is 3.37. The Bertz CT molecular complexity index is 1270. The maximum Gasteiger partial charge on any atom is 0.294 e. The number of aryl methyl sites for hydroxylation is 2. The molecule has 2 aromatic carbocycles. The Labute approximate surface area is 183 Å². The van der Waals surface area contributed by atoms with Gasteiger partial charge in [0.2, 0.25) is 0 Å². The van der Waals surface area contributed by atoms with E-state index in [-0.39, 0.29) is 27.0 Å². The summed E-state index contributed by atoms with van der Waals surface area (Å²) < 4.78 is 28.3. The van der Waals surface area contributed by atoms with Crippen molar-refractivity contribution in [2.75, 3.05) is 16.7 Å². The molecular weight excluding hydrogens is 446 g/mol. The van der Waals surface area contributed by atoms with Gasteiger partial charge in [-0.15, -0.1) is 0 Å². The number of nitro groups is 1. The Morgan fingerprint density at radius 2 is 1.87 bits per heavy atom. The van der Waals surface area contributed by atoms with Crippen molar-refractivity contribution >= 4 is 44.7 Å². The summed E-state index contributed by atoms with van der Waals surface area (Å²) in [4.78, 5) is 23.5. The summed E-state index contributed by atoms with van der Waals surface area (Å²) in [7, 11) is -1.21. The van der Waals surface area contributed by atoms with Crippen LogP contribution < -0.4 is 9.62 Å².